The lowest BCUT2D eigenvalue weighted by Crippen LogP contribution is -2.25. The number of para-hydroxylation sites is 1. The molecule has 3 aromatic heterocycles. The highest BCUT2D eigenvalue weighted by Gasteiger charge is 2.15. The molecule has 9 nitrogen and oxygen atoms in total. The number of pyridine rings is 1. The van der Waals surface area contributed by atoms with E-state index in [9.17, 15) is 4.79 Å². The third kappa shape index (κ3) is 5.05. The summed E-state index contributed by atoms with van der Waals surface area (Å²) in [6.07, 6.45) is 1.76. The summed E-state index contributed by atoms with van der Waals surface area (Å²) in [6.45, 7) is 0.396. The molecular formula is C27H21ClN8O. The van der Waals surface area contributed by atoms with Gasteiger partial charge in [0, 0.05) is 13.0 Å². The van der Waals surface area contributed by atoms with Gasteiger partial charge in [-0.3, -0.25) is 9.36 Å². The van der Waals surface area contributed by atoms with Gasteiger partial charge in [-0.15, -0.1) is 0 Å². The summed E-state index contributed by atoms with van der Waals surface area (Å²) in [6, 6.07) is 19.8. The molecule has 0 spiro atoms. The molecule has 5 N–H and O–H groups in total. The van der Waals surface area contributed by atoms with Gasteiger partial charge in [0.1, 0.15) is 40.9 Å². The van der Waals surface area contributed by atoms with Gasteiger partial charge in [-0.05, 0) is 42.3 Å². The van der Waals surface area contributed by atoms with Crippen molar-refractivity contribution in [3.63, 3.8) is 0 Å². The number of nitrogen functional groups attached to an aromatic ring is 2. The molecule has 10 heteroatoms. The third-order valence-corrected chi connectivity index (χ3v) is 5.85. The number of halogens is 1. The molecule has 0 aliphatic rings. The number of rotatable bonds is 5. The van der Waals surface area contributed by atoms with Crippen molar-refractivity contribution in [2.75, 3.05) is 23.3 Å². The summed E-state index contributed by atoms with van der Waals surface area (Å²) in [5.41, 5.74) is 13.8. The smallest absolute Gasteiger partial charge is 0.267 e. The predicted molar refractivity (Wildman–Crippen MR) is 146 cm³/mol. The Morgan fingerprint density at radius 1 is 0.919 bits per heavy atom. The molecule has 0 aliphatic heterocycles. The number of nitrogens with zero attached hydrogens (tertiary/aromatic N) is 5. The molecule has 0 amide bonds. The molecule has 3 heterocycles. The second-order valence-corrected chi connectivity index (χ2v) is 8.40. The zero-order valence-electron chi connectivity index (χ0n) is 19.5. The van der Waals surface area contributed by atoms with E-state index in [0.29, 0.717) is 63.3 Å². The fraction of sp³-hybridized carbons (Fsp3) is 0.0741. The van der Waals surface area contributed by atoms with Crippen molar-refractivity contribution in [2.45, 2.75) is 6.42 Å². The molecule has 0 radical (unpaired) electrons. The minimum atomic E-state index is -0.232. The van der Waals surface area contributed by atoms with E-state index in [0.717, 1.165) is 0 Å². The van der Waals surface area contributed by atoms with Gasteiger partial charge in [-0.25, -0.2) is 19.9 Å². The molecule has 5 aromatic rings. The highest BCUT2D eigenvalue weighted by molar-refractivity contribution is 6.35. The number of hydrogen-bond acceptors (Lipinski definition) is 8. The van der Waals surface area contributed by atoms with Crippen molar-refractivity contribution in [3.05, 3.63) is 106 Å². The van der Waals surface area contributed by atoms with Gasteiger partial charge >= 0.3 is 0 Å². The molecular weight excluding hydrogens is 488 g/mol. The number of anilines is 3. The Hall–Kier alpha value is -4.94. The average molecular weight is 509 g/mol. The summed E-state index contributed by atoms with van der Waals surface area (Å²) >= 11 is 6.36. The zero-order valence-corrected chi connectivity index (χ0v) is 20.3. The molecule has 182 valence electrons. The summed E-state index contributed by atoms with van der Waals surface area (Å²) in [5, 5.41) is 3.98. The Balaban J connectivity index is 1.47. The van der Waals surface area contributed by atoms with E-state index >= 15 is 0 Å². The molecule has 2 aromatic carbocycles. The number of aromatic nitrogens is 5. The van der Waals surface area contributed by atoms with Crippen molar-refractivity contribution < 1.29 is 0 Å². The first-order valence-electron chi connectivity index (χ1n) is 11.4. The first-order chi connectivity index (χ1) is 18.0. The van der Waals surface area contributed by atoms with E-state index in [1.54, 1.807) is 41.0 Å². The van der Waals surface area contributed by atoms with Gasteiger partial charge in [-0.2, -0.15) is 0 Å². The Morgan fingerprint density at radius 2 is 1.73 bits per heavy atom. The quantitative estimate of drug-likeness (QED) is 0.307. The molecule has 5 rings (SSSR count). The molecule has 0 bridgehead atoms. The topological polar surface area (TPSA) is 138 Å². The Labute approximate surface area is 217 Å². The van der Waals surface area contributed by atoms with Crippen LogP contribution in [0.25, 0.3) is 16.6 Å². The van der Waals surface area contributed by atoms with Gasteiger partial charge in [0.2, 0.25) is 0 Å². The van der Waals surface area contributed by atoms with Crippen LogP contribution in [-0.2, 0) is 6.42 Å². The molecule has 0 atom stereocenters. The lowest BCUT2D eigenvalue weighted by Gasteiger charge is -2.15. The van der Waals surface area contributed by atoms with Gasteiger partial charge in [0.05, 0.1) is 21.6 Å². The largest absolute Gasteiger partial charge is 0.384 e. The van der Waals surface area contributed by atoms with Crippen LogP contribution in [0.4, 0.5) is 17.5 Å². The van der Waals surface area contributed by atoms with Crippen LogP contribution in [0, 0.1) is 11.8 Å². The van der Waals surface area contributed by atoms with Crippen LogP contribution in [0.15, 0.2) is 77.9 Å². The van der Waals surface area contributed by atoms with E-state index in [2.05, 4.69) is 32.1 Å². The number of nitrogens with one attached hydrogen (secondary N) is 1. The fourth-order valence-electron chi connectivity index (χ4n) is 3.84. The SMILES string of the molecule is Nc1cccc(C#Cc2c(N)ncnc2NCCc2nc3cccc(Cl)c3c(=O)n2-c2ccccc2)n1. The van der Waals surface area contributed by atoms with Gasteiger partial charge in [-0.1, -0.05) is 47.9 Å². The number of nitrogens with two attached hydrogens (primary N) is 2. The van der Waals surface area contributed by atoms with E-state index in [1.807, 2.05) is 30.3 Å². The van der Waals surface area contributed by atoms with E-state index in [4.69, 9.17) is 28.1 Å². The lowest BCUT2D eigenvalue weighted by atomic mass is 10.2. The predicted octanol–water partition coefficient (Wildman–Crippen LogP) is 3.44. The van der Waals surface area contributed by atoms with Crippen LogP contribution in [-0.4, -0.2) is 31.0 Å². The Bertz CT molecular complexity index is 1720. The molecule has 0 aliphatic carbocycles. The average Bonchev–Trinajstić information content (AvgIpc) is 2.89. The number of fused-ring (bicyclic) bond motifs is 1. The van der Waals surface area contributed by atoms with E-state index in [-0.39, 0.29) is 11.4 Å². The molecule has 0 saturated carbocycles. The van der Waals surface area contributed by atoms with E-state index < -0.39 is 0 Å². The molecule has 37 heavy (non-hydrogen) atoms. The lowest BCUT2D eigenvalue weighted by molar-refractivity contribution is 0.809. The number of hydrogen-bond donors (Lipinski definition) is 3. The van der Waals surface area contributed by atoms with Crippen molar-refractivity contribution in [2.24, 2.45) is 0 Å². The molecule has 0 saturated heterocycles. The first-order valence-corrected chi connectivity index (χ1v) is 11.7. The minimum absolute atomic E-state index is 0.230. The summed E-state index contributed by atoms with van der Waals surface area (Å²) in [4.78, 5) is 30.8. The van der Waals surface area contributed by atoms with Crippen LogP contribution >= 0.6 is 11.6 Å². The van der Waals surface area contributed by atoms with Gasteiger partial charge in [0.25, 0.3) is 5.56 Å². The summed E-state index contributed by atoms with van der Waals surface area (Å²) < 4.78 is 1.58. The highest BCUT2D eigenvalue weighted by Crippen LogP contribution is 2.21. The van der Waals surface area contributed by atoms with E-state index in [1.165, 1.54) is 6.33 Å². The van der Waals surface area contributed by atoms with Crippen LogP contribution in [0.2, 0.25) is 5.02 Å². The summed E-state index contributed by atoms with van der Waals surface area (Å²) in [7, 11) is 0. The fourth-order valence-corrected chi connectivity index (χ4v) is 4.09. The van der Waals surface area contributed by atoms with Crippen LogP contribution < -0.4 is 22.3 Å². The normalized spacial score (nSPS) is 10.6. The minimum Gasteiger partial charge on any atom is -0.384 e. The second-order valence-electron chi connectivity index (χ2n) is 8.00. The van der Waals surface area contributed by atoms with Crippen LogP contribution in [0.1, 0.15) is 17.1 Å². The maximum Gasteiger partial charge on any atom is 0.267 e. The maximum atomic E-state index is 13.5. The van der Waals surface area contributed by atoms with Crippen molar-refractivity contribution >= 4 is 40.0 Å². The van der Waals surface area contributed by atoms with Crippen molar-refractivity contribution in [1.29, 1.82) is 0 Å². The van der Waals surface area contributed by atoms with Crippen LogP contribution in [0.3, 0.4) is 0 Å². The van der Waals surface area contributed by atoms with Gasteiger partial charge in [0.15, 0.2) is 0 Å². The maximum absolute atomic E-state index is 13.5. The van der Waals surface area contributed by atoms with Crippen molar-refractivity contribution in [3.8, 4) is 17.5 Å². The third-order valence-electron chi connectivity index (χ3n) is 5.53. The van der Waals surface area contributed by atoms with Crippen LogP contribution in [0.5, 0.6) is 0 Å². The first kappa shape index (κ1) is 23.8. The summed E-state index contributed by atoms with van der Waals surface area (Å²) in [5.74, 6) is 7.56. The Kier molecular flexibility index (Phi) is 6.66. The Morgan fingerprint density at radius 3 is 2.54 bits per heavy atom. The molecule has 0 fully saturated rings. The standard InChI is InChI=1S/C27H21ClN8O/c28-20-9-5-10-21-24(20)27(37)36(18-7-2-1-3-8-18)23(35-21)14-15-31-26-19(25(30)32-16-33-26)13-12-17-6-4-11-22(29)34-17/h1-11,16H,14-15H2,(H2,29,34)(H3,30,31,32,33). The second kappa shape index (κ2) is 10.4. The van der Waals surface area contributed by atoms with Gasteiger partial charge < -0.3 is 16.8 Å². The monoisotopic (exact) mass is 508 g/mol. The zero-order chi connectivity index (χ0) is 25.8. The van der Waals surface area contributed by atoms with Crippen molar-refractivity contribution in [1.82, 2.24) is 24.5 Å². The highest BCUT2D eigenvalue weighted by atomic mass is 35.5. The number of benzene rings is 2. The molecule has 0 unspecified atom stereocenters.